The van der Waals surface area contributed by atoms with E-state index in [4.69, 9.17) is 16.1 Å². The van der Waals surface area contributed by atoms with Crippen molar-refractivity contribution in [1.29, 1.82) is 0 Å². The molecule has 2 atom stereocenters. The first-order valence-corrected chi connectivity index (χ1v) is 8.66. The Hall–Kier alpha value is -2.21. The van der Waals surface area contributed by atoms with Crippen LogP contribution in [0, 0.1) is 13.8 Å². The Balaban J connectivity index is 1.51. The molecule has 1 aromatic heterocycles. The third kappa shape index (κ3) is 3.31. The van der Waals surface area contributed by atoms with Crippen LogP contribution in [-0.4, -0.2) is 10.1 Å². The normalized spacial score (nSPS) is 20.1. The maximum absolute atomic E-state index is 6.03. The minimum Gasteiger partial charge on any atom is -0.337 e. The fourth-order valence-corrected chi connectivity index (χ4v) is 3.23. The Morgan fingerprint density at radius 2 is 1.88 bits per heavy atom. The van der Waals surface area contributed by atoms with Crippen molar-refractivity contribution in [3.8, 4) is 11.4 Å². The number of nitrogens with zero attached hydrogens (tertiary/aromatic N) is 2. The second kappa shape index (κ2) is 6.59. The number of aromatic nitrogens is 2. The second-order valence-electron chi connectivity index (χ2n) is 6.44. The average Bonchev–Trinajstić information content (AvgIpc) is 3.26. The molecular formula is C19H19ClN4O. The predicted octanol–water partition coefficient (Wildman–Crippen LogP) is 4.29. The molecule has 1 aliphatic rings. The molecule has 5 nitrogen and oxygen atoms in total. The van der Waals surface area contributed by atoms with Crippen LogP contribution in [0.4, 0.5) is 0 Å². The number of hydrazine groups is 1. The Bertz CT molecular complexity index is 908. The van der Waals surface area contributed by atoms with Crippen LogP contribution in [0.1, 0.15) is 41.1 Å². The highest BCUT2D eigenvalue weighted by molar-refractivity contribution is 6.30. The quantitative estimate of drug-likeness (QED) is 0.734. The third-order valence-electron chi connectivity index (χ3n) is 4.66. The highest BCUT2D eigenvalue weighted by atomic mass is 35.5. The molecule has 1 fully saturated rings. The Labute approximate surface area is 151 Å². The van der Waals surface area contributed by atoms with Gasteiger partial charge in [-0.25, -0.2) is 10.9 Å². The molecule has 128 valence electrons. The smallest absolute Gasteiger partial charge is 0.245 e. The van der Waals surface area contributed by atoms with Crippen molar-refractivity contribution in [3.63, 3.8) is 0 Å². The average molecular weight is 355 g/mol. The molecule has 2 unspecified atom stereocenters. The van der Waals surface area contributed by atoms with Gasteiger partial charge in [0.25, 0.3) is 0 Å². The number of hydrogen-bond acceptors (Lipinski definition) is 5. The molecule has 0 aliphatic carbocycles. The van der Waals surface area contributed by atoms with E-state index in [1.807, 2.05) is 24.3 Å². The maximum Gasteiger partial charge on any atom is 0.245 e. The lowest BCUT2D eigenvalue weighted by Crippen LogP contribution is -2.26. The van der Waals surface area contributed by atoms with Crippen LogP contribution in [0.25, 0.3) is 11.4 Å². The van der Waals surface area contributed by atoms with Crippen LogP contribution in [0.2, 0.25) is 5.02 Å². The van der Waals surface area contributed by atoms with Gasteiger partial charge in [-0.2, -0.15) is 4.98 Å². The van der Waals surface area contributed by atoms with Gasteiger partial charge in [-0.1, -0.05) is 47.1 Å². The molecule has 0 bridgehead atoms. The Morgan fingerprint density at radius 1 is 1.04 bits per heavy atom. The van der Waals surface area contributed by atoms with Crippen molar-refractivity contribution in [2.45, 2.75) is 32.4 Å². The van der Waals surface area contributed by atoms with Gasteiger partial charge in [0.1, 0.15) is 6.04 Å². The number of halogens is 1. The largest absolute Gasteiger partial charge is 0.337 e. The number of aryl methyl sites for hydroxylation is 2. The van der Waals surface area contributed by atoms with Crippen molar-refractivity contribution in [1.82, 2.24) is 21.0 Å². The standard InChI is InChI=1S/C19H19ClN4O/c1-11-6-7-13(8-12(11)2)16-10-17(23-22-16)19-21-18(24-25-19)14-4-3-5-15(20)9-14/h3-9,16-17,22-23H,10H2,1-2H3. The van der Waals surface area contributed by atoms with Crippen molar-refractivity contribution in [3.05, 3.63) is 70.1 Å². The number of hydrogen-bond donors (Lipinski definition) is 2. The van der Waals surface area contributed by atoms with E-state index in [2.05, 4.69) is 53.0 Å². The molecule has 2 heterocycles. The summed E-state index contributed by atoms with van der Waals surface area (Å²) in [6.45, 7) is 4.26. The van der Waals surface area contributed by atoms with Crippen molar-refractivity contribution < 1.29 is 4.52 Å². The van der Waals surface area contributed by atoms with Crippen molar-refractivity contribution in [2.24, 2.45) is 0 Å². The van der Waals surface area contributed by atoms with Gasteiger partial charge in [-0.15, -0.1) is 0 Å². The van der Waals surface area contributed by atoms with Gasteiger partial charge in [0.15, 0.2) is 0 Å². The summed E-state index contributed by atoms with van der Waals surface area (Å²) in [5.41, 5.74) is 11.3. The van der Waals surface area contributed by atoms with E-state index in [-0.39, 0.29) is 12.1 Å². The van der Waals surface area contributed by atoms with Gasteiger partial charge >= 0.3 is 0 Å². The zero-order chi connectivity index (χ0) is 17.4. The molecule has 25 heavy (non-hydrogen) atoms. The van der Waals surface area contributed by atoms with Crippen LogP contribution in [0.3, 0.4) is 0 Å². The fraction of sp³-hybridized carbons (Fsp3) is 0.263. The maximum atomic E-state index is 6.03. The number of rotatable bonds is 3. The summed E-state index contributed by atoms with van der Waals surface area (Å²) in [6, 6.07) is 14.2. The monoisotopic (exact) mass is 354 g/mol. The molecular weight excluding hydrogens is 336 g/mol. The van der Waals surface area contributed by atoms with E-state index in [0.717, 1.165) is 12.0 Å². The summed E-state index contributed by atoms with van der Waals surface area (Å²) in [4.78, 5) is 4.52. The lowest BCUT2D eigenvalue weighted by Gasteiger charge is -2.11. The molecule has 0 radical (unpaired) electrons. The summed E-state index contributed by atoms with van der Waals surface area (Å²) in [6.07, 6.45) is 0.847. The van der Waals surface area contributed by atoms with Gasteiger partial charge in [-0.3, -0.25) is 0 Å². The summed E-state index contributed by atoms with van der Waals surface area (Å²) < 4.78 is 5.46. The number of benzene rings is 2. The lowest BCUT2D eigenvalue weighted by molar-refractivity contribution is 0.340. The lowest BCUT2D eigenvalue weighted by atomic mass is 9.98. The van der Waals surface area contributed by atoms with E-state index >= 15 is 0 Å². The first kappa shape index (κ1) is 16.3. The van der Waals surface area contributed by atoms with Crippen LogP contribution >= 0.6 is 11.6 Å². The molecule has 4 rings (SSSR count). The van der Waals surface area contributed by atoms with Crippen LogP contribution in [-0.2, 0) is 0 Å². The van der Waals surface area contributed by atoms with E-state index in [9.17, 15) is 0 Å². The minimum absolute atomic E-state index is 0.0213. The van der Waals surface area contributed by atoms with Crippen LogP contribution < -0.4 is 10.9 Å². The molecule has 2 N–H and O–H groups in total. The zero-order valence-electron chi connectivity index (χ0n) is 14.1. The van der Waals surface area contributed by atoms with Gasteiger partial charge in [0.05, 0.1) is 0 Å². The van der Waals surface area contributed by atoms with Gasteiger partial charge in [-0.05, 0) is 49.1 Å². The first-order valence-electron chi connectivity index (χ1n) is 8.28. The second-order valence-corrected chi connectivity index (χ2v) is 6.88. The SMILES string of the molecule is Cc1ccc(C2CC(c3nc(-c4cccc(Cl)c4)no3)NN2)cc1C. The fourth-order valence-electron chi connectivity index (χ4n) is 3.04. The molecule has 1 aliphatic heterocycles. The predicted molar refractivity (Wildman–Crippen MR) is 97.0 cm³/mol. The Kier molecular flexibility index (Phi) is 4.29. The topological polar surface area (TPSA) is 63.0 Å². The van der Waals surface area contributed by atoms with Gasteiger partial charge in [0, 0.05) is 16.6 Å². The van der Waals surface area contributed by atoms with Crippen molar-refractivity contribution >= 4 is 11.6 Å². The van der Waals surface area contributed by atoms with Crippen molar-refractivity contribution in [2.75, 3.05) is 0 Å². The molecule has 2 aromatic carbocycles. The molecule has 1 saturated heterocycles. The molecule has 6 heteroatoms. The first-order chi connectivity index (χ1) is 12.1. The van der Waals surface area contributed by atoms with E-state index in [1.54, 1.807) is 0 Å². The van der Waals surface area contributed by atoms with Gasteiger partial charge in [0.2, 0.25) is 11.7 Å². The van der Waals surface area contributed by atoms with Crippen LogP contribution in [0.5, 0.6) is 0 Å². The summed E-state index contributed by atoms with van der Waals surface area (Å²) >= 11 is 6.03. The highest BCUT2D eigenvalue weighted by Gasteiger charge is 2.30. The molecule has 3 aromatic rings. The van der Waals surface area contributed by atoms with E-state index in [0.29, 0.717) is 16.7 Å². The number of nitrogens with one attached hydrogen (secondary N) is 2. The molecule has 0 spiro atoms. The summed E-state index contributed by atoms with van der Waals surface area (Å²) in [7, 11) is 0. The highest BCUT2D eigenvalue weighted by Crippen LogP contribution is 2.31. The molecule has 0 amide bonds. The summed E-state index contributed by atoms with van der Waals surface area (Å²) in [5, 5.41) is 4.74. The van der Waals surface area contributed by atoms with E-state index < -0.39 is 0 Å². The Morgan fingerprint density at radius 3 is 2.68 bits per heavy atom. The van der Waals surface area contributed by atoms with Crippen LogP contribution in [0.15, 0.2) is 47.0 Å². The minimum atomic E-state index is -0.0213. The van der Waals surface area contributed by atoms with Gasteiger partial charge < -0.3 is 4.52 Å². The molecule has 0 saturated carbocycles. The zero-order valence-corrected chi connectivity index (χ0v) is 14.8. The third-order valence-corrected chi connectivity index (χ3v) is 4.89. The summed E-state index contributed by atoms with van der Waals surface area (Å²) in [5.74, 6) is 1.13. The van der Waals surface area contributed by atoms with E-state index in [1.165, 1.54) is 16.7 Å².